The number of aryl methyl sites for hydroxylation is 2. The Bertz CT molecular complexity index is 884. The van der Waals surface area contributed by atoms with E-state index in [4.69, 9.17) is 0 Å². The number of hydrogen-bond donors (Lipinski definition) is 1. The molecular formula is C17H20N4O3S. The van der Waals surface area contributed by atoms with Crippen LogP contribution < -0.4 is 9.62 Å². The van der Waals surface area contributed by atoms with Gasteiger partial charge in [-0.05, 0) is 43.9 Å². The zero-order valence-corrected chi connectivity index (χ0v) is 15.0. The van der Waals surface area contributed by atoms with Crippen LogP contribution in [0.4, 0.5) is 11.6 Å². The zero-order chi connectivity index (χ0) is 18.0. The number of anilines is 2. The van der Waals surface area contributed by atoms with E-state index in [2.05, 4.69) is 15.3 Å². The number of hydrogen-bond acceptors (Lipinski definition) is 5. The number of aromatic nitrogens is 2. The van der Waals surface area contributed by atoms with Crippen molar-refractivity contribution >= 4 is 27.6 Å². The van der Waals surface area contributed by atoms with Crippen molar-refractivity contribution < 1.29 is 13.2 Å². The molecule has 1 aliphatic carbocycles. The highest BCUT2D eigenvalue weighted by molar-refractivity contribution is 7.92. The van der Waals surface area contributed by atoms with Crippen molar-refractivity contribution in [2.45, 2.75) is 32.2 Å². The van der Waals surface area contributed by atoms with Crippen molar-refractivity contribution in [3.8, 4) is 0 Å². The average Bonchev–Trinajstić information content (AvgIpc) is 3.02. The molecule has 0 fully saturated rings. The molecular weight excluding hydrogens is 340 g/mol. The van der Waals surface area contributed by atoms with Crippen molar-refractivity contribution in [3.05, 3.63) is 47.8 Å². The highest BCUT2D eigenvalue weighted by atomic mass is 32.2. The number of para-hydroxylation sites is 1. The number of nitrogens with zero attached hydrogens (tertiary/aromatic N) is 3. The Morgan fingerprint density at radius 2 is 1.96 bits per heavy atom. The zero-order valence-electron chi connectivity index (χ0n) is 14.1. The predicted molar refractivity (Wildman–Crippen MR) is 95.9 cm³/mol. The first-order chi connectivity index (χ1) is 11.9. The number of fused-ring (bicyclic) bond motifs is 1. The maximum Gasteiger partial charge on any atom is 0.250 e. The van der Waals surface area contributed by atoms with Gasteiger partial charge >= 0.3 is 0 Å². The highest BCUT2D eigenvalue weighted by Crippen LogP contribution is 2.22. The molecule has 2 aromatic rings. The van der Waals surface area contributed by atoms with E-state index in [1.165, 1.54) is 6.92 Å². The number of sulfonamides is 1. The van der Waals surface area contributed by atoms with Gasteiger partial charge in [-0.15, -0.1) is 0 Å². The fourth-order valence-corrected chi connectivity index (χ4v) is 4.15. The Morgan fingerprint density at radius 1 is 1.24 bits per heavy atom. The SMILES string of the molecule is CC(C(=O)Nc1ncc2c(n1)CCC2)N(c1ccccc1)S(C)(=O)=O. The van der Waals surface area contributed by atoms with Gasteiger partial charge in [-0.3, -0.25) is 14.4 Å². The van der Waals surface area contributed by atoms with Gasteiger partial charge in [0.05, 0.1) is 11.9 Å². The van der Waals surface area contributed by atoms with Crippen molar-refractivity contribution in [2.24, 2.45) is 0 Å². The molecule has 1 amide bonds. The third-order valence-electron chi connectivity index (χ3n) is 4.15. The molecule has 0 aliphatic heterocycles. The number of amides is 1. The van der Waals surface area contributed by atoms with Crippen LogP contribution in [0.15, 0.2) is 36.5 Å². The van der Waals surface area contributed by atoms with Crippen LogP contribution in [0.1, 0.15) is 24.6 Å². The largest absolute Gasteiger partial charge is 0.293 e. The molecule has 0 saturated heterocycles. The van der Waals surface area contributed by atoms with E-state index in [0.717, 1.165) is 41.1 Å². The van der Waals surface area contributed by atoms with Gasteiger partial charge in [-0.1, -0.05) is 18.2 Å². The quantitative estimate of drug-likeness (QED) is 0.877. The Labute approximate surface area is 147 Å². The fraction of sp³-hybridized carbons (Fsp3) is 0.353. The number of benzene rings is 1. The summed E-state index contributed by atoms with van der Waals surface area (Å²) in [5, 5.41) is 2.63. The van der Waals surface area contributed by atoms with Crippen molar-refractivity contribution in [2.75, 3.05) is 15.9 Å². The molecule has 1 atom stereocenters. The maximum absolute atomic E-state index is 12.6. The van der Waals surface area contributed by atoms with E-state index in [1.807, 2.05) is 0 Å². The normalized spacial score (nSPS) is 14.6. The van der Waals surface area contributed by atoms with E-state index in [-0.39, 0.29) is 5.95 Å². The van der Waals surface area contributed by atoms with Crippen molar-refractivity contribution in [1.29, 1.82) is 0 Å². The Kier molecular flexibility index (Phi) is 4.71. The molecule has 132 valence electrons. The Hall–Kier alpha value is -2.48. The summed E-state index contributed by atoms with van der Waals surface area (Å²) in [7, 11) is -3.63. The monoisotopic (exact) mass is 360 g/mol. The van der Waals surface area contributed by atoms with Gasteiger partial charge in [-0.2, -0.15) is 0 Å². The van der Waals surface area contributed by atoms with Gasteiger partial charge in [0.25, 0.3) is 0 Å². The van der Waals surface area contributed by atoms with E-state index >= 15 is 0 Å². The van der Waals surface area contributed by atoms with E-state index in [1.54, 1.807) is 36.5 Å². The molecule has 8 heteroatoms. The molecule has 0 bridgehead atoms. The smallest absolute Gasteiger partial charge is 0.250 e. The average molecular weight is 360 g/mol. The number of nitrogens with one attached hydrogen (secondary N) is 1. The summed E-state index contributed by atoms with van der Waals surface area (Å²) in [4.78, 5) is 21.1. The molecule has 1 unspecified atom stereocenters. The van der Waals surface area contributed by atoms with Crippen LogP contribution in [0.3, 0.4) is 0 Å². The lowest BCUT2D eigenvalue weighted by atomic mass is 10.2. The third-order valence-corrected chi connectivity index (χ3v) is 5.39. The summed E-state index contributed by atoms with van der Waals surface area (Å²) in [6.45, 7) is 1.54. The van der Waals surface area contributed by atoms with Gasteiger partial charge in [0.1, 0.15) is 6.04 Å². The van der Waals surface area contributed by atoms with Crippen molar-refractivity contribution in [1.82, 2.24) is 9.97 Å². The first kappa shape index (κ1) is 17.3. The van der Waals surface area contributed by atoms with Crippen LogP contribution >= 0.6 is 0 Å². The fourth-order valence-electron chi connectivity index (χ4n) is 2.97. The lowest BCUT2D eigenvalue weighted by Gasteiger charge is -2.27. The molecule has 7 nitrogen and oxygen atoms in total. The summed E-state index contributed by atoms with van der Waals surface area (Å²) in [6, 6.07) is 7.60. The van der Waals surface area contributed by atoms with Crippen LogP contribution in [-0.2, 0) is 27.7 Å². The minimum absolute atomic E-state index is 0.207. The van der Waals surface area contributed by atoms with Gasteiger partial charge in [0, 0.05) is 11.9 Å². The van der Waals surface area contributed by atoms with E-state index in [0.29, 0.717) is 5.69 Å². The highest BCUT2D eigenvalue weighted by Gasteiger charge is 2.29. The van der Waals surface area contributed by atoms with Crippen LogP contribution in [0.5, 0.6) is 0 Å². The molecule has 0 radical (unpaired) electrons. The van der Waals surface area contributed by atoms with Gasteiger partial charge in [0.15, 0.2) is 0 Å². The van der Waals surface area contributed by atoms with Crippen LogP contribution in [0.2, 0.25) is 0 Å². The van der Waals surface area contributed by atoms with Gasteiger partial charge in [0.2, 0.25) is 21.9 Å². The summed E-state index contributed by atoms with van der Waals surface area (Å²) in [5.41, 5.74) is 2.48. The van der Waals surface area contributed by atoms with Crippen LogP contribution in [0, 0.1) is 0 Å². The second kappa shape index (κ2) is 6.79. The lowest BCUT2D eigenvalue weighted by molar-refractivity contribution is -0.116. The minimum atomic E-state index is -3.63. The molecule has 1 N–H and O–H groups in total. The first-order valence-corrected chi connectivity index (χ1v) is 9.91. The Balaban J connectivity index is 1.82. The first-order valence-electron chi connectivity index (χ1n) is 8.06. The molecule has 3 rings (SSSR count). The molecule has 0 saturated carbocycles. The maximum atomic E-state index is 12.6. The van der Waals surface area contributed by atoms with Crippen LogP contribution in [-0.4, -0.2) is 36.6 Å². The summed E-state index contributed by atoms with van der Waals surface area (Å²) < 4.78 is 25.5. The van der Waals surface area contributed by atoms with Crippen molar-refractivity contribution in [3.63, 3.8) is 0 Å². The molecule has 1 aromatic carbocycles. The second-order valence-electron chi connectivity index (χ2n) is 6.08. The summed E-state index contributed by atoms with van der Waals surface area (Å²) in [6.07, 6.45) is 5.66. The number of rotatable bonds is 5. The Morgan fingerprint density at radius 3 is 2.64 bits per heavy atom. The summed E-state index contributed by atoms with van der Waals surface area (Å²) in [5.74, 6) is -0.272. The lowest BCUT2D eigenvalue weighted by Crippen LogP contribution is -2.45. The second-order valence-corrected chi connectivity index (χ2v) is 7.94. The van der Waals surface area contributed by atoms with Gasteiger partial charge < -0.3 is 0 Å². The molecule has 1 heterocycles. The van der Waals surface area contributed by atoms with Crippen LogP contribution in [0.25, 0.3) is 0 Å². The molecule has 1 aliphatic rings. The minimum Gasteiger partial charge on any atom is -0.293 e. The number of carbonyl (C=O) groups is 1. The van der Waals surface area contributed by atoms with E-state index in [9.17, 15) is 13.2 Å². The third kappa shape index (κ3) is 3.79. The predicted octanol–water partition coefficient (Wildman–Crippen LogP) is 1.76. The molecule has 25 heavy (non-hydrogen) atoms. The van der Waals surface area contributed by atoms with E-state index < -0.39 is 22.0 Å². The van der Waals surface area contributed by atoms with Gasteiger partial charge in [-0.25, -0.2) is 18.4 Å². The number of carbonyl (C=O) groups excluding carboxylic acids is 1. The summed E-state index contributed by atoms with van der Waals surface area (Å²) >= 11 is 0. The molecule has 0 spiro atoms. The molecule has 1 aromatic heterocycles. The topological polar surface area (TPSA) is 92.3 Å². The standard InChI is InChI=1S/C17H20N4O3S/c1-12(21(25(2,23)24)14-8-4-3-5-9-14)16(22)20-17-18-11-13-7-6-10-15(13)19-17/h3-5,8-9,11-12H,6-7,10H2,1-2H3,(H,18,19,20,22).